The number of benzene rings is 2. The zero-order valence-electron chi connectivity index (χ0n) is 8.20. The second kappa shape index (κ2) is 3.71. The first-order valence-corrected chi connectivity index (χ1v) is 4.68. The predicted molar refractivity (Wildman–Crippen MR) is 62.0 cm³/mol. The molecule has 0 aliphatic rings. The number of hydrogen-bond acceptors (Lipinski definition) is 0. The molecule has 0 saturated carbocycles. The van der Waals surface area contributed by atoms with E-state index in [-0.39, 0.29) is 0 Å². The summed E-state index contributed by atoms with van der Waals surface area (Å²) in [6, 6.07) is 16.4. The van der Waals surface area contributed by atoms with Crippen molar-refractivity contribution in [1.29, 1.82) is 0 Å². The average Bonchev–Trinajstić information content (AvgIpc) is 2.18. The van der Waals surface area contributed by atoms with Gasteiger partial charge in [0.1, 0.15) is 7.85 Å². The third-order valence-electron chi connectivity index (χ3n) is 2.24. The van der Waals surface area contributed by atoms with Gasteiger partial charge in [-0.05, 0) is 18.1 Å². The van der Waals surface area contributed by atoms with E-state index in [0.29, 0.717) is 0 Å². The van der Waals surface area contributed by atoms with E-state index in [1.165, 1.54) is 16.7 Å². The number of rotatable bonds is 1. The van der Waals surface area contributed by atoms with E-state index in [2.05, 4.69) is 37.3 Å². The fourth-order valence-electron chi connectivity index (χ4n) is 1.54. The highest BCUT2D eigenvalue weighted by Crippen LogP contribution is 2.18. The van der Waals surface area contributed by atoms with Gasteiger partial charge in [0, 0.05) is 0 Å². The Hall–Kier alpha value is -1.50. The van der Waals surface area contributed by atoms with Crippen molar-refractivity contribution >= 4 is 13.3 Å². The highest BCUT2D eigenvalue weighted by atomic mass is 14.0. The minimum Gasteiger partial charge on any atom is -0.0961 e. The lowest BCUT2D eigenvalue weighted by Gasteiger charge is -2.03. The van der Waals surface area contributed by atoms with Crippen molar-refractivity contribution in [2.75, 3.05) is 0 Å². The largest absolute Gasteiger partial charge is 0.113 e. The van der Waals surface area contributed by atoms with Crippen LogP contribution in [0.5, 0.6) is 0 Å². The van der Waals surface area contributed by atoms with E-state index in [4.69, 9.17) is 7.85 Å². The van der Waals surface area contributed by atoms with Crippen LogP contribution in [0.2, 0.25) is 0 Å². The van der Waals surface area contributed by atoms with Gasteiger partial charge in [0.2, 0.25) is 0 Å². The van der Waals surface area contributed by atoms with Crippen LogP contribution in [-0.4, -0.2) is 7.85 Å². The molecule has 0 amide bonds. The van der Waals surface area contributed by atoms with Gasteiger partial charge in [-0.2, -0.15) is 0 Å². The van der Waals surface area contributed by atoms with Gasteiger partial charge in [0.25, 0.3) is 0 Å². The maximum atomic E-state index is 5.73. The molecular weight excluding hydrogens is 167 g/mol. The number of hydrogen-bond donors (Lipinski definition) is 0. The zero-order chi connectivity index (χ0) is 9.97. The van der Waals surface area contributed by atoms with E-state index < -0.39 is 0 Å². The Labute approximate surface area is 86.0 Å². The molecule has 0 bridgehead atoms. The Balaban J connectivity index is 2.49. The van der Waals surface area contributed by atoms with Gasteiger partial charge in [-0.1, -0.05) is 59.6 Å². The standard InChI is InChI=1S/C13H11B/c1-10-4-2-5-11(8-10)12-6-3-7-13(14)9-12/h2-9H,1H3. The molecule has 2 aromatic rings. The summed E-state index contributed by atoms with van der Waals surface area (Å²) in [4.78, 5) is 0. The summed E-state index contributed by atoms with van der Waals surface area (Å²) in [5.74, 6) is 0. The third kappa shape index (κ3) is 1.87. The molecule has 0 aromatic heterocycles. The summed E-state index contributed by atoms with van der Waals surface area (Å²) < 4.78 is 0. The maximum Gasteiger partial charge on any atom is 0.113 e. The first kappa shape index (κ1) is 9.08. The molecule has 66 valence electrons. The lowest BCUT2D eigenvalue weighted by molar-refractivity contribution is 1.47. The predicted octanol–water partition coefficient (Wildman–Crippen LogP) is 2.46. The van der Waals surface area contributed by atoms with Crippen LogP contribution in [0, 0.1) is 6.92 Å². The average molecular weight is 178 g/mol. The molecule has 0 heterocycles. The topological polar surface area (TPSA) is 0 Å². The summed E-state index contributed by atoms with van der Waals surface area (Å²) >= 11 is 0. The lowest BCUT2D eigenvalue weighted by Crippen LogP contribution is -2.00. The van der Waals surface area contributed by atoms with E-state index in [9.17, 15) is 0 Å². The molecule has 0 aliphatic carbocycles. The molecule has 14 heavy (non-hydrogen) atoms. The zero-order valence-corrected chi connectivity index (χ0v) is 8.20. The van der Waals surface area contributed by atoms with Crippen LogP contribution in [0.15, 0.2) is 48.5 Å². The molecule has 0 fully saturated rings. The maximum absolute atomic E-state index is 5.73. The van der Waals surface area contributed by atoms with Crippen molar-refractivity contribution < 1.29 is 0 Å². The van der Waals surface area contributed by atoms with Crippen molar-refractivity contribution in [1.82, 2.24) is 0 Å². The summed E-state index contributed by atoms with van der Waals surface area (Å²) in [6.07, 6.45) is 0. The second-order valence-corrected chi connectivity index (χ2v) is 3.49. The quantitative estimate of drug-likeness (QED) is 0.588. The molecule has 0 saturated heterocycles. The summed E-state index contributed by atoms with van der Waals surface area (Å²) in [6.45, 7) is 2.09. The van der Waals surface area contributed by atoms with Gasteiger partial charge < -0.3 is 0 Å². The molecular formula is C13H11B. The molecule has 0 unspecified atom stereocenters. The van der Waals surface area contributed by atoms with Crippen LogP contribution >= 0.6 is 0 Å². The minimum absolute atomic E-state index is 0.809. The smallest absolute Gasteiger partial charge is 0.0961 e. The van der Waals surface area contributed by atoms with Crippen LogP contribution in [0.1, 0.15) is 5.56 Å². The molecule has 0 N–H and O–H groups in total. The molecule has 1 heteroatoms. The molecule has 2 rings (SSSR count). The fourth-order valence-corrected chi connectivity index (χ4v) is 1.54. The van der Waals surface area contributed by atoms with Gasteiger partial charge in [-0.25, -0.2) is 0 Å². The first-order chi connectivity index (χ1) is 6.75. The SMILES string of the molecule is [B]c1cccc(-c2cccc(C)c2)c1. The van der Waals surface area contributed by atoms with E-state index in [1.807, 2.05) is 18.2 Å². The van der Waals surface area contributed by atoms with Gasteiger partial charge in [0.05, 0.1) is 0 Å². The molecule has 2 aromatic carbocycles. The van der Waals surface area contributed by atoms with Crippen molar-refractivity contribution in [3.8, 4) is 11.1 Å². The van der Waals surface area contributed by atoms with Crippen molar-refractivity contribution in [2.24, 2.45) is 0 Å². The van der Waals surface area contributed by atoms with Crippen LogP contribution in [0.3, 0.4) is 0 Å². The third-order valence-corrected chi connectivity index (χ3v) is 2.24. The molecule has 0 nitrogen and oxygen atoms in total. The monoisotopic (exact) mass is 178 g/mol. The van der Waals surface area contributed by atoms with Gasteiger partial charge >= 0.3 is 0 Å². The van der Waals surface area contributed by atoms with Gasteiger partial charge in [0.15, 0.2) is 0 Å². The highest BCUT2D eigenvalue weighted by Gasteiger charge is 1.96. The normalized spacial score (nSPS) is 10.1. The Kier molecular flexibility index (Phi) is 2.40. The minimum atomic E-state index is 0.809. The highest BCUT2D eigenvalue weighted by molar-refractivity contribution is 6.32. The lowest BCUT2D eigenvalue weighted by atomic mass is 9.92. The van der Waals surface area contributed by atoms with Crippen LogP contribution in [0.4, 0.5) is 0 Å². The Morgan fingerprint density at radius 3 is 2.14 bits per heavy atom. The Morgan fingerprint density at radius 1 is 0.857 bits per heavy atom. The Morgan fingerprint density at radius 2 is 1.50 bits per heavy atom. The second-order valence-electron chi connectivity index (χ2n) is 3.49. The van der Waals surface area contributed by atoms with Crippen LogP contribution in [0.25, 0.3) is 11.1 Å². The van der Waals surface area contributed by atoms with Crippen LogP contribution in [-0.2, 0) is 0 Å². The number of aryl methyl sites for hydroxylation is 1. The van der Waals surface area contributed by atoms with Crippen LogP contribution < -0.4 is 5.46 Å². The summed E-state index contributed by atoms with van der Waals surface area (Å²) in [7, 11) is 5.73. The van der Waals surface area contributed by atoms with Gasteiger partial charge in [-0.15, -0.1) is 0 Å². The first-order valence-electron chi connectivity index (χ1n) is 4.68. The summed E-state index contributed by atoms with van der Waals surface area (Å²) in [5, 5.41) is 0. The molecule has 0 atom stereocenters. The fraction of sp³-hybridized carbons (Fsp3) is 0.0769. The van der Waals surface area contributed by atoms with Crippen molar-refractivity contribution in [2.45, 2.75) is 6.92 Å². The van der Waals surface area contributed by atoms with Crippen molar-refractivity contribution in [3.63, 3.8) is 0 Å². The van der Waals surface area contributed by atoms with Gasteiger partial charge in [-0.3, -0.25) is 0 Å². The van der Waals surface area contributed by atoms with Crippen molar-refractivity contribution in [3.05, 3.63) is 54.1 Å². The van der Waals surface area contributed by atoms with E-state index >= 15 is 0 Å². The summed E-state index contributed by atoms with van der Waals surface area (Å²) in [5.41, 5.74) is 4.47. The van der Waals surface area contributed by atoms with E-state index in [0.717, 1.165) is 5.46 Å². The molecule has 0 aliphatic heterocycles. The van der Waals surface area contributed by atoms with E-state index in [1.54, 1.807) is 0 Å². The molecule has 2 radical (unpaired) electrons. The molecule has 0 spiro atoms. The Bertz CT molecular complexity index is 403.